The van der Waals surface area contributed by atoms with E-state index in [1.54, 1.807) is 35.5 Å². The molecule has 3 aromatic rings. The fourth-order valence-electron chi connectivity index (χ4n) is 3.54. The number of carbonyl (C=O) groups is 3. The summed E-state index contributed by atoms with van der Waals surface area (Å²) in [6.45, 7) is 0.685. The molecule has 1 aromatic heterocycles. The fourth-order valence-corrected chi connectivity index (χ4v) is 3.54. The molecule has 1 aliphatic rings. The molecule has 31 heavy (non-hydrogen) atoms. The van der Waals surface area contributed by atoms with Gasteiger partial charge in [-0.15, -0.1) is 0 Å². The predicted molar refractivity (Wildman–Crippen MR) is 117 cm³/mol. The van der Waals surface area contributed by atoms with Crippen LogP contribution in [-0.2, 0) is 16.1 Å². The minimum atomic E-state index is -0.387. The van der Waals surface area contributed by atoms with Crippen LogP contribution < -0.4 is 15.5 Å². The number of pyridine rings is 1. The molecular weight excluding hydrogens is 392 g/mol. The number of para-hydroxylation sites is 1. The molecule has 1 fully saturated rings. The summed E-state index contributed by atoms with van der Waals surface area (Å²) in [5.41, 5.74) is 2.81. The molecule has 0 radical (unpaired) electrons. The van der Waals surface area contributed by atoms with Gasteiger partial charge in [-0.1, -0.05) is 30.3 Å². The van der Waals surface area contributed by atoms with Gasteiger partial charge in [-0.2, -0.15) is 0 Å². The van der Waals surface area contributed by atoms with Crippen LogP contribution in [0.4, 0.5) is 11.4 Å². The van der Waals surface area contributed by atoms with Crippen LogP contribution in [-0.4, -0.2) is 29.3 Å². The van der Waals surface area contributed by atoms with E-state index in [1.807, 2.05) is 48.5 Å². The summed E-state index contributed by atoms with van der Waals surface area (Å²) in [4.78, 5) is 42.8. The zero-order valence-electron chi connectivity index (χ0n) is 16.8. The fraction of sp³-hybridized carbons (Fsp3) is 0.167. The molecule has 3 amide bonds. The third-order valence-corrected chi connectivity index (χ3v) is 5.16. The first-order chi connectivity index (χ1) is 15.1. The van der Waals surface area contributed by atoms with Crippen molar-refractivity contribution in [1.82, 2.24) is 10.3 Å². The standard InChI is InChI=1S/C24H22N4O3/c29-22-14-19(16-28(22)21-7-2-1-3-8-21)23(30)26-15-17-5-4-6-20(13-17)27-24(31)18-9-11-25-12-10-18/h1-13,19H,14-16H2,(H,26,30)(H,27,31). The summed E-state index contributed by atoms with van der Waals surface area (Å²) in [7, 11) is 0. The highest BCUT2D eigenvalue weighted by molar-refractivity contribution is 6.04. The molecule has 4 rings (SSSR count). The van der Waals surface area contributed by atoms with Gasteiger partial charge in [-0.3, -0.25) is 19.4 Å². The average Bonchev–Trinajstić information content (AvgIpc) is 3.20. The van der Waals surface area contributed by atoms with Crippen molar-refractivity contribution in [2.45, 2.75) is 13.0 Å². The first-order valence-electron chi connectivity index (χ1n) is 10.0. The van der Waals surface area contributed by atoms with E-state index in [2.05, 4.69) is 15.6 Å². The van der Waals surface area contributed by atoms with E-state index in [4.69, 9.17) is 0 Å². The van der Waals surface area contributed by atoms with Gasteiger partial charge in [0.1, 0.15) is 0 Å². The lowest BCUT2D eigenvalue weighted by Crippen LogP contribution is -2.32. The third-order valence-electron chi connectivity index (χ3n) is 5.16. The van der Waals surface area contributed by atoms with E-state index in [9.17, 15) is 14.4 Å². The molecule has 1 atom stereocenters. The number of hydrogen-bond donors (Lipinski definition) is 2. The molecular formula is C24H22N4O3. The van der Waals surface area contributed by atoms with E-state index in [1.165, 1.54) is 0 Å². The molecule has 7 heteroatoms. The van der Waals surface area contributed by atoms with Crippen molar-refractivity contribution in [3.63, 3.8) is 0 Å². The Kier molecular flexibility index (Phi) is 6.03. The molecule has 0 aliphatic carbocycles. The summed E-state index contributed by atoms with van der Waals surface area (Å²) >= 11 is 0. The molecule has 0 spiro atoms. The Morgan fingerprint density at radius 3 is 2.55 bits per heavy atom. The van der Waals surface area contributed by atoms with Crippen LogP contribution in [0.15, 0.2) is 79.1 Å². The van der Waals surface area contributed by atoms with E-state index >= 15 is 0 Å². The molecule has 2 aromatic carbocycles. The minimum absolute atomic E-state index is 0.0489. The molecule has 1 aliphatic heterocycles. The monoisotopic (exact) mass is 414 g/mol. The van der Waals surface area contributed by atoms with Gasteiger partial charge in [-0.05, 0) is 42.0 Å². The van der Waals surface area contributed by atoms with Gasteiger partial charge < -0.3 is 15.5 Å². The predicted octanol–water partition coefficient (Wildman–Crippen LogP) is 3.00. The van der Waals surface area contributed by atoms with Gasteiger partial charge in [0.25, 0.3) is 5.91 Å². The van der Waals surface area contributed by atoms with Crippen molar-refractivity contribution < 1.29 is 14.4 Å². The lowest BCUT2D eigenvalue weighted by molar-refractivity contribution is -0.126. The van der Waals surface area contributed by atoms with Crippen molar-refractivity contribution in [2.24, 2.45) is 5.92 Å². The number of anilines is 2. The second kappa shape index (κ2) is 9.21. The second-order valence-electron chi connectivity index (χ2n) is 7.35. The lowest BCUT2D eigenvalue weighted by atomic mass is 10.1. The number of benzene rings is 2. The molecule has 156 valence electrons. The topological polar surface area (TPSA) is 91.4 Å². The first kappa shape index (κ1) is 20.3. The largest absolute Gasteiger partial charge is 0.352 e. The Morgan fingerprint density at radius 2 is 1.77 bits per heavy atom. The van der Waals surface area contributed by atoms with Gasteiger partial charge >= 0.3 is 0 Å². The van der Waals surface area contributed by atoms with Gasteiger partial charge in [0, 0.05) is 48.8 Å². The van der Waals surface area contributed by atoms with Crippen LogP contribution in [0.2, 0.25) is 0 Å². The van der Waals surface area contributed by atoms with Crippen LogP contribution in [0, 0.1) is 5.92 Å². The Morgan fingerprint density at radius 1 is 1.00 bits per heavy atom. The number of amides is 3. The van der Waals surface area contributed by atoms with Gasteiger partial charge in [-0.25, -0.2) is 0 Å². The van der Waals surface area contributed by atoms with Gasteiger partial charge in [0.15, 0.2) is 0 Å². The number of carbonyl (C=O) groups excluding carboxylic acids is 3. The normalized spacial score (nSPS) is 15.5. The second-order valence-corrected chi connectivity index (χ2v) is 7.35. The third kappa shape index (κ3) is 4.95. The van der Waals surface area contributed by atoms with Crippen molar-refractivity contribution in [3.8, 4) is 0 Å². The number of nitrogens with zero attached hydrogens (tertiary/aromatic N) is 2. The Hall–Kier alpha value is -4.00. The van der Waals surface area contributed by atoms with Gasteiger partial charge in [0.05, 0.1) is 5.92 Å². The lowest BCUT2D eigenvalue weighted by Gasteiger charge is -2.16. The summed E-state index contributed by atoms with van der Waals surface area (Å²) in [6.07, 6.45) is 3.32. The van der Waals surface area contributed by atoms with E-state index in [-0.39, 0.29) is 30.1 Å². The summed E-state index contributed by atoms with van der Waals surface area (Å²) < 4.78 is 0. The zero-order chi connectivity index (χ0) is 21.6. The van der Waals surface area contributed by atoms with Crippen molar-refractivity contribution in [2.75, 3.05) is 16.8 Å². The first-order valence-corrected chi connectivity index (χ1v) is 10.0. The summed E-state index contributed by atoms with van der Waals surface area (Å²) in [5.74, 6) is -0.818. The molecule has 7 nitrogen and oxygen atoms in total. The SMILES string of the molecule is O=C(Nc1cccc(CNC(=O)C2CC(=O)N(c3ccccc3)C2)c1)c1ccncc1. The zero-order valence-corrected chi connectivity index (χ0v) is 16.8. The maximum Gasteiger partial charge on any atom is 0.255 e. The Labute approximate surface area is 180 Å². The summed E-state index contributed by atoms with van der Waals surface area (Å²) in [5, 5.41) is 5.75. The number of rotatable bonds is 6. The molecule has 2 N–H and O–H groups in total. The Bertz CT molecular complexity index is 1090. The maximum absolute atomic E-state index is 12.6. The van der Waals surface area contributed by atoms with Crippen molar-refractivity contribution in [3.05, 3.63) is 90.3 Å². The minimum Gasteiger partial charge on any atom is -0.352 e. The van der Waals surface area contributed by atoms with Crippen LogP contribution in [0.5, 0.6) is 0 Å². The molecule has 1 saturated heterocycles. The van der Waals surface area contributed by atoms with Crippen LogP contribution in [0.1, 0.15) is 22.3 Å². The maximum atomic E-state index is 12.6. The highest BCUT2D eigenvalue weighted by atomic mass is 16.2. The van der Waals surface area contributed by atoms with Crippen LogP contribution in [0.3, 0.4) is 0 Å². The highest BCUT2D eigenvalue weighted by Gasteiger charge is 2.34. The van der Waals surface area contributed by atoms with E-state index in [0.29, 0.717) is 24.3 Å². The van der Waals surface area contributed by atoms with E-state index < -0.39 is 0 Å². The van der Waals surface area contributed by atoms with E-state index in [0.717, 1.165) is 11.3 Å². The Balaban J connectivity index is 1.33. The van der Waals surface area contributed by atoms with Crippen LogP contribution in [0.25, 0.3) is 0 Å². The van der Waals surface area contributed by atoms with Crippen LogP contribution >= 0.6 is 0 Å². The highest BCUT2D eigenvalue weighted by Crippen LogP contribution is 2.25. The quantitative estimate of drug-likeness (QED) is 0.649. The summed E-state index contributed by atoms with van der Waals surface area (Å²) in [6, 6.07) is 19.9. The number of nitrogens with one attached hydrogen (secondary N) is 2. The van der Waals surface area contributed by atoms with Gasteiger partial charge in [0.2, 0.25) is 11.8 Å². The van der Waals surface area contributed by atoms with Crippen molar-refractivity contribution >= 4 is 29.1 Å². The molecule has 0 bridgehead atoms. The molecule has 2 heterocycles. The number of hydrogen-bond acceptors (Lipinski definition) is 4. The molecule has 1 unspecified atom stereocenters. The molecule has 0 saturated carbocycles. The van der Waals surface area contributed by atoms with Crippen molar-refractivity contribution in [1.29, 1.82) is 0 Å². The average molecular weight is 414 g/mol. The smallest absolute Gasteiger partial charge is 0.255 e. The number of aromatic nitrogens is 1.